The molecule has 1 heterocycles. The number of amides is 1. The van der Waals surface area contributed by atoms with E-state index in [2.05, 4.69) is 10.5 Å². The van der Waals surface area contributed by atoms with E-state index in [1.807, 2.05) is 0 Å². The number of carbonyl (C=O) groups excluding carboxylic acids is 1. The van der Waals surface area contributed by atoms with Crippen LogP contribution in [0.5, 0.6) is 17.2 Å². The van der Waals surface area contributed by atoms with Crippen LogP contribution in [0.15, 0.2) is 47.0 Å². The van der Waals surface area contributed by atoms with Gasteiger partial charge < -0.3 is 19.3 Å². The molecule has 0 aliphatic rings. The van der Waals surface area contributed by atoms with Crippen molar-refractivity contribution in [2.75, 3.05) is 12.4 Å². The third-order valence-corrected chi connectivity index (χ3v) is 3.87. The first-order chi connectivity index (χ1) is 13.4. The number of methoxy groups -OCH3 is 1. The Kier molecular flexibility index (Phi) is 5.46. The number of benzene rings is 2. The molecule has 0 fully saturated rings. The monoisotopic (exact) mass is 403 g/mol. The van der Waals surface area contributed by atoms with Crippen LogP contribution in [-0.2, 0) is 0 Å². The van der Waals surface area contributed by atoms with Crippen molar-refractivity contribution in [1.82, 2.24) is 5.16 Å². The molecule has 3 rings (SSSR count). The lowest BCUT2D eigenvalue weighted by Crippen LogP contribution is -2.12. The van der Waals surface area contributed by atoms with Gasteiger partial charge in [0.1, 0.15) is 5.76 Å². The molecular formula is C18H14ClN3O6. The molecule has 2 aromatic carbocycles. The van der Waals surface area contributed by atoms with Gasteiger partial charge in [-0.15, -0.1) is 0 Å². The van der Waals surface area contributed by atoms with Crippen molar-refractivity contribution in [3.8, 4) is 17.2 Å². The molecule has 0 radical (unpaired) electrons. The summed E-state index contributed by atoms with van der Waals surface area (Å²) in [5.74, 6) is 0.799. The van der Waals surface area contributed by atoms with Gasteiger partial charge in [-0.3, -0.25) is 14.9 Å². The molecule has 1 N–H and O–H groups in total. The van der Waals surface area contributed by atoms with Crippen molar-refractivity contribution < 1.29 is 23.7 Å². The number of rotatable bonds is 6. The molecule has 0 bridgehead atoms. The molecule has 0 aliphatic carbocycles. The SMILES string of the molecule is COc1cc(C(=O)Nc2cc(C)on2)ccc1Oc1ccc(Cl)cc1[N+](=O)[O-]. The molecule has 9 nitrogen and oxygen atoms in total. The zero-order chi connectivity index (χ0) is 20.3. The second-order valence-electron chi connectivity index (χ2n) is 5.61. The Morgan fingerprint density at radius 1 is 1.18 bits per heavy atom. The number of halogens is 1. The number of hydrogen-bond donors (Lipinski definition) is 1. The predicted octanol–water partition coefficient (Wildman–Crippen LogP) is 4.60. The van der Waals surface area contributed by atoms with Gasteiger partial charge in [-0.05, 0) is 37.3 Å². The minimum Gasteiger partial charge on any atom is -0.493 e. The zero-order valence-corrected chi connectivity index (χ0v) is 15.5. The third kappa shape index (κ3) is 4.21. The Labute approximate surface area is 164 Å². The maximum absolute atomic E-state index is 12.3. The van der Waals surface area contributed by atoms with Crippen molar-refractivity contribution in [1.29, 1.82) is 0 Å². The van der Waals surface area contributed by atoms with Gasteiger partial charge >= 0.3 is 5.69 Å². The summed E-state index contributed by atoms with van der Waals surface area (Å²) < 4.78 is 15.8. The fourth-order valence-corrected chi connectivity index (χ4v) is 2.51. The molecule has 0 saturated carbocycles. The van der Waals surface area contributed by atoms with Crippen LogP contribution >= 0.6 is 11.6 Å². The van der Waals surface area contributed by atoms with E-state index in [0.717, 1.165) is 0 Å². The summed E-state index contributed by atoms with van der Waals surface area (Å²) in [4.78, 5) is 23.0. The largest absolute Gasteiger partial charge is 0.493 e. The predicted molar refractivity (Wildman–Crippen MR) is 100 cm³/mol. The first-order valence-electron chi connectivity index (χ1n) is 7.92. The lowest BCUT2D eigenvalue weighted by Gasteiger charge is -2.12. The van der Waals surface area contributed by atoms with E-state index in [0.29, 0.717) is 5.76 Å². The fraction of sp³-hybridized carbons (Fsp3) is 0.111. The summed E-state index contributed by atoms with van der Waals surface area (Å²) in [5, 5.41) is 17.7. The van der Waals surface area contributed by atoms with Crippen molar-refractivity contribution in [3.63, 3.8) is 0 Å². The van der Waals surface area contributed by atoms with Gasteiger partial charge in [0.2, 0.25) is 5.75 Å². The first-order valence-corrected chi connectivity index (χ1v) is 8.29. The molecule has 0 unspecified atom stereocenters. The van der Waals surface area contributed by atoms with E-state index in [1.54, 1.807) is 13.0 Å². The summed E-state index contributed by atoms with van der Waals surface area (Å²) in [7, 11) is 1.39. The van der Waals surface area contributed by atoms with Gasteiger partial charge in [-0.1, -0.05) is 16.8 Å². The molecule has 3 aromatic rings. The highest BCUT2D eigenvalue weighted by atomic mass is 35.5. The highest BCUT2D eigenvalue weighted by molar-refractivity contribution is 6.30. The number of aryl methyl sites for hydroxylation is 1. The van der Waals surface area contributed by atoms with Crippen LogP contribution in [0.1, 0.15) is 16.1 Å². The number of nitro groups is 1. The number of hydrogen-bond acceptors (Lipinski definition) is 7. The smallest absolute Gasteiger partial charge is 0.313 e. The van der Waals surface area contributed by atoms with E-state index >= 15 is 0 Å². The molecule has 1 amide bonds. The van der Waals surface area contributed by atoms with Gasteiger partial charge in [-0.2, -0.15) is 0 Å². The highest BCUT2D eigenvalue weighted by Crippen LogP contribution is 2.38. The second-order valence-corrected chi connectivity index (χ2v) is 6.05. The van der Waals surface area contributed by atoms with E-state index in [4.69, 9.17) is 25.6 Å². The Hall–Kier alpha value is -3.59. The van der Waals surface area contributed by atoms with Gasteiger partial charge in [0, 0.05) is 22.7 Å². The summed E-state index contributed by atoms with van der Waals surface area (Å²) in [6, 6.07) is 10.0. The quantitative estimate of drug-likeness (QED) is 0.472. The maximum Gasteiger partial charge on any atom is 0.313 e. The normalized spacial score (nSPS) is 10.4. The molecule has 0 aliphatic heterocycles. The summed E-state index contributed by atoms with van der Waals surface area (Å²) in [5.41, 5.74) is -0.0202. The number of nitrogens with one attached hydrogen (secondary N) is 1. The van der Waals surface area contributed by atoms with E-state index in [1.165, 1.54) is 43.5 Å². The number of nitrogens with zero attached hydrogens (tertiary/aromatic N) is 2. The number of ether oxygens (including phenoxy) is 2. The topological polar surface area (TPSA) is 117 Å². The molecule has 10 heteroatoms. The minimum atomic E-state index is -0.602. The summed E-state index contributed by atoms with van der Waals surface area (Å²) >= 11 is 5.81. The summed E-state index contributed by atoms with van der Waals surface area (Å²) in [6.45, 7) is 1.70. The minimum absolute atomic E-state index is 0.0111. The number of carbonyl (C=O) groups is 1. The van der Waals surface area contributed by atoms with Crippen molar-refractivity contribution in [3.05, 3.63) is 68.9 Å². The third-order valence-electron chi connectivity index (χ3n) is 3.63. The van der Waals surface area contributed by atoms with Crippen LogP contribution in [0.25, 0.3) is 0 Å². The molecule has 1 aromatic heterocycles. The Morgan fingerprint density at radius 2 is 1.93 bits per heavy atom. The average Bonchev–Trinajstić information content (AvgIpc) is 3.07. The van der Waals surface area contributed by atoms with E-state index in [-0.39, 0.29) is 39.3 Å². The van der Waals surface area contributed by atoms with Crippen LogP contribution in [0.2, 0.25) is 5.02 Å². The van der Waals surface area contributed by atoms with Crippen LogP contribution < -0.4 is 14.8 Å². The summed E-state index contributed by atoms with van der Waals surface area (Å²) in [6.07, 6.45) is 0. The Bertz CT molecular complexity index is 1050. The van der Waals surface area contributed by atoms with Gasteiger partial charge in [0.05, 0.1) is 12.0 Å². The number of aromatic nitrogens is 1. The number of anilines is 1. The average molecular weight is 404 g/mol. The second kappa shape index (κ2) is 7.97. The molecule has 144 valence electrons. The fourth-order valence-electron chi connectivity index (χ4n) is 2.34. The molecule has 0 atom stereocenters. The van der Waals surface area contributed by atoms with Crippen molar-refractivity contribution in [2.45, 2.75) is 6.92 Å². The van der Waals surface area contributed by atoms with E-state index < -0.39 is 10.8 Å². The van der Waals surface area contributed by atoms with Gasteiger partial charge in [-0.25, -0.2) is 0 Å². The van der Waals surface area contributed by atoms with Crippen LogP contribution in [0.4, 0.5) is 11.5 Å². The van der Waals surface area contributed by atoms with Crippen LogP contribution in [0.3, 0.4) is 0 Å². The van der Waals surface area contributed by atoms with Gasteiger partial charge in [0.15, 0.2) is 17.3 Å². The Morgan fingerprint density at radius 3 is 2.57 bits per heavy atom. The van der Waals surface area contributed by atoms with Crippen molar-refractivity contribution >= 4 is 29.0 Å². The van der Waals surface area contributed by atoms with E-state index in [9.17, 15) is 14.9 Å². The van der Waals surface area contributed by atoms with Crippen LogP contribution in [-0.4, -0.2) is 23.1 Å². The Balaban J connectivity index is 1.86. The van der Waals surface area contributed by atoms with Crippen LogP contribution in [0, 0.1) is 17.0 Å². The molecule has 0 saturated heterocycles. The molecular weight excluding hydrogens is 390 g/mol. The number of nitro benzene ring substituents is 1. The zero-order valence-electron chi connectivity index (χ0n) is 14.8. The standard InChI is InChI=1S/C18H14ClN3O6/c1-10-7-17(21-28-10)20-18(23)11-3-5-15(16(8-11)26-2)27-14-6-4-12(19)9-13(14)22(24)25/h3-9H,1-2H3,(H,20,21,23). The lowest BCUT2D eigenvalue weighted by atomic mass is 10.2. The van der Waals surface area contributed by atoms with Crippen molar-refractivity contribution in [2.24, 2.45) is 0 Å². The highest BCUT2D eigenvalue weighted by Gasteiger charge is 2.19. The molecule has 0 spiro atoms. The van der Waals surface area contributed by atoms with Gasteiger partial charge in [0.25, 0.3) is 5.91 Å². The lowest BCUT2D eigenvalue weighted by molar-refractivity contribution is -0.385. The maximum atomic E-state index is 12.3. The first kappa shape index (κ1) is 19.2. The molecule has 28 heavy (non-hydrogen) atoms.